The quantitative estimate of drug-likeness (QED) is 0.903. The number of hydrogen-bond donors (Lipinski definition) is 1. The molecular formula is C18H20N4O4. The van der Waals surface area contributed by atoms with Gasteiger partial charge in [0.05, 0.1) is 37.9 Å². The molecule has 8 nitrogen and oxygen atoms in total. The molecule has 1 saturated heterocycles. The zero-order valence-electron chi connectivity index (χ0n) is 14.7. The lowest BCUT2D eigenvalue weighted by atomic mass is 10.1. The number of carbonyl (C=O) groups is 1. The highest BCUT2D eigenvalue weighted by Crippen LogP contribution is 2.42. The number of methoxy groups -OCH3 is 1. The smallest absolute Gasteiger partial charge is 0.261 e. The van der Waals surface area contributed by atoms with Crippen LogP contribution in [0.2, 0.25) is 0 Å². The van der Waals surface area contributed by atoms with Crippen LogP contribution < -0.4 is 15.0 Å². The van der Waals surface area contributed by atoms with E-state index < -0.39 is 0 Å². The van der Waals surface area contributed by atoms with E-state index in [1.165, 1.54) is 6.20 Å². The number of fused-ring (bicyclic) bond motifs is 1. The number of aliphatic imine (C=N–C) groups is 1. The minimum Gasteiger partial charge on any atom is -0.496 e. The van der Waals surface area contributed by atoms with Crippen LogP contribution in [0, 0.1) is 6.92 Å². The number of aromatic nitrogens is 1. The fourth-order valence-corrected chi connectivity index (χ4v) is 3.28. The Morgan fingerprint density at radius 1 is 1.31 bits per heavy atom. The summed E-state index contributed by atoms with van der Waals surface area (Å²) >= 11 is 0. The Labute approximate surface area is 150 Å². The van der Waals surface area contributed by atoms with E-state index in [9.17, 15) is 4.79 Å². The predicted octanol–water partition coefficient (Wildman–Crippen LogP) is 1.84. The van der Waals surface area contributed by atoms with Crippen molar-refractivity contribution in [2.45, 2.75) is 13.3 Å². The molecule has 0 radical (unpaired) electrons. The first-order valence-corrected chi connectivity index (χ1v) is 8.50. The van der Waals surface area contributed by atoms with E-state index in [0.717, 1.165) is 35.8 Å². The van der Waals surface area contributed by atoms with Crippen LogP contribution >= 0.6 is 0 Å². The molecule has 2 aliphatic heterocycles. The molecule has 26 heavy (non-hydrogen) atoms. The fraction of sp³-hybridized carbons (Fsp3) is 0.389. The largest absolute Gasteiger partial charge is 0.496 e. The second-order valence-electron chi connectivity index (χ2n) is 6.20. The second kappa shape index (κ2) is 6.80. The molecule has 8 heteroatoms. The van der Waals surface area contributed by atoms with Crippen molar-refractivity contribution in [3.8, 4) is 5.75 Å². The summed E-state index contributed by atoms with van der Waals surface area (Å²) in [6.07, 6.45) is 1.92. The topological polar surface area (TPSA) is 89.2 Å². The number of amidine groups is 1. The average Bonchev–Trinajstić information content (AvgIpc) is 3.27. The number of amides is 1. The molecule has 3 heterocycles. The molecular weight excluding hydrogens is 336 g/mol. The van der Waals surface area contributed by atoms with Crippen molar-refractivity contribution in [2.75, 3.05) is 38.3 Å². The lowest BCUT2D eigenvalue weighted by Gasteiger charge is -2.30. The Morgan fingerprint density at radius 3 is 2.81 bits per heavy atom. The van der Waals surface area contributed by atoms with E-state index in [0.29, 0.717) is 36.8 Å². The Kier molecular flexibility index (Phi) is 4.34. The molecule has 2 aliphatic rings. The lowest BCUT2D eigenvalue weighted by Crippen LogP contribution is -2.36. The molecule has 0 unspecified atom stereocenters. The summed E-state index contributed by atoms with van der Waals surface area (Å²) in [6.45, 7) is 4.72. The molecule has 4 rings (SSSR count). The van der Waals surface area contributed by atoms with Crippen molar-refractivity contribution in [3.63, 3.8) is 0 Å². The van der Waals surface area contributed by atoms with Gasteiger partial charge in [-0.2, -0.15) is 0 Å². The minimum atomic E-state index is -0.276. The first kappa shape index (κ1) is 16.6. The SMILES string of the molecule is COc1ccc(N2CCOCC2)c2c1CC(NC(=O)c1cnoc1C)=N2. The molecule has 1 N–H and O–H groups in total. The van der Waals surface area contributed by atoms with Crippen LogP contribution in [0.5, 0.6) is 5.75 Å². The zero-order valence-corrected chi connectivity index (χ0v) is 14.7. The van der Waals surface area contributed by atoms with Gasteiger partial charge in [0, 0.05) is 25.1 Å². The Morgan fingerprint density at radius 2 is 2.12 bits per heavy atom. The molecule has 1 amide bonds. The van der Waals surface area contributed by atoms with Gasteiger partial charge in [-0.3, -0.25) is 4.79 Å². The molecule has 0 aliphatic carbocycles. The van der Waals surface area contributed by atoms with E-state index in [2.05, 4.69) is 20.4 Å². The van der Waals surface area contributed by atoms with E-state index in [1.54, 1.807) is 14.0 Å². The van der Waals surface area contributed by atoms with Crippen molar-refractivity contribution in [2.24, 2.45) is 4.99 Å². The van der Waals surface area contributed by atoms with Gasteiger partial charge in [-0.1, -0.05) is 5.16 Å². The standard InChI is InChI=1S/C18H20N4O4/c1-11-13(10-19-26-11)18(23)21-16-9-12-15(24-2)4-3-14(17(12)20-16)22-5-7-25-8-6-22/h3-4,10H,5-9H2,1-2H3,(H,20,21,23). The molecule has 0 atom stereocenters. The van der Waals surface area contributed by atoms with Crippen LogP contribution in [0.15, 0.2) is 27.8 Å². The van der Waals surface area contributed by atoms with Gasteiger partial charge in [0.2, 0.25) is 0 Å². The van der Waals surface area contributed by atoms with Gasteiger partial charge in [-0.15, -0.1) is 0 Å². The first-order valence-electron chi connectivity index (χ1n) is 8.50. The maximum atomic E-state index is 12.4. The highest BCUT2D eigenvalue weighted by Gasteiger charge is 2.27. The number of nitrogens with one attached hydrogen (secondary N) is 1. The monoisotopic (exact) mass is 356 g/mol. The first-order chi connectivity index (χ1) is 12.7. The van der Waals surface area contributed by atoms with E-state index in [4.69, 9.17) is 14.0 Å². The number of benzene rings is 1. The number of morpholine rings is 1. The summed E-state index contributed by atoms with van der Waals surface area (Å²) in [6, 6.07) is 3.97. The third-order valence-electron chi connectivity index (χ3n) is 4.63. The number of nitrogens with zero attached hydrogens (tertiary/aromatic N) is 3. The van der Waals surface area contributed by atoms with Crippen molar-refractivity contribution >= 4 is 23.1 Å². The Bertz CT molecular complexity index is 868. The summed E-state index contributed by atoms with van der Waals surface area (Å²) in [5.74, 6) is 1.56. The molecule has 1 fully saturated rings. The number of anilines is 1. The summed E-state index contributed by atoms with van der Waals surface area (Å²) in [4.78, 5) is 19.4. The number of hydrogen-bond acceptors (Lipinski definition) is 7. The molecule has 0 bridgehead atoms. The number of aryl methyl sites for hydroxylation is 1. The molecule has 1 aromatic carbocycles. The van der Waals surface area contributed by atoms with Crippen molar-refractivity contribution < 1.29 is 18.8 Å². The number of rotatable bonds is 3. The van der Waals surface area contributed by atoms with Gasteiger partial charge < -0.3 is 24.2 Å². The Balaban J connectivity index is 1.62. The van der Waals surface area contributed by atoms with Crippen LogP contribution in [-0.4, -0.2) is 50.3 Å². The summed E-state index contributed by atoms with van der Waals surface area (Å²) in [5.41, 5.74) is 3.27. The van der Waals surface area contributed by atoms with Gasteiger partial charge in [0.25, 0.3) is 5.91 Å². The lowest BCUT2D eigenvalue weighted by molar-refractivity contribution is 0.0975. The van der Waals surface area contributed by atoms with Crippen molar-refractivity contribution in [1.29, 1.82) is 0 Å². The van der Waals surface area contributed by atoms with Crippen LogP contribution in [0.1, 0.15) is 21.7 Å². The molecule has 0 saturated carbocycles. The van der Waals surface area contributed by atoms with Gasteiger partial charge in [-0.05, 0) is 19.1 Å². The van der Waals surface area contributed by atoms with Gasteiger partial charge in [0.1, 0.15) is 22.9 Å². The number of carbonyl (C=O) groups excluding carboxylic acids is 1. The van der Waals surface area contributed by atoms with Crippen LogP contribution in [-0.2, 0) is 11.2 Å². The highest BCUT2D eigenvalue weighted by molar-refractivity contribution is 6.10. The van der Waals surface area contributed by atoms with Crippen molar-refractivity contribution in [3.05, 3.63) is 35.2 Å². The molecule has 0 spiro atoms. The highest BCUT2D eigenvalue weighted by atomic mass is 16.5. The van der Waals surface area contributed by atoms with Gasteiger partial charge in [0.15, 0.2) is 0 Å². The average molecular weight is 356 g/mol. The number of ether oxygens (including phenoxy) is 2. The zero-order chi connectivity index (χ0) is 18.1. The van der Waals surface area contributed by atoms with E-state index in [-0.39, 0.29) is 5.91 Å². The minimum absolute atomic E-state index is 0.276. The predicted molar refractivity (Wildman–Crippen MR) is 95.5 cm³/mol. The van der Waals surface area contributed by atoms with E-state index >= 15 is 0 Å². The van der Waals surface area contributed by atoms with Gasteiger partial charge >= 0.3 is 0 Å². The third kappa shape index (κ3) is 2.92. The van der Waals surface area contributed by atoms with Crippen molar-refractivity contribution in [1.82, 2.24) is 10.5 Å². The fourth-order valence-electron chi connectivity index (χ4n) is 3.28. The molecule has 136 valence electrons. The normalized spacial score (nSPS) is 16.2. The summed E-state index contributed by atoms with van der Waals surface area (Å²) in [5, 5.41) is 6.51. The third-order valence-corrected chi connectivity index (χ3v) is 4.63. The summed E-state index contributed by atoms with van der Waals surface area (Å²) in [7, 11) is 1.64. The molecule has 2 aromatic rings. The molecule has 1 aromatic heterocycles. The maximum Gasteiger partial charge on any atom is 0.261 e. The summed E-state index contributed by atoms with van der Waals surface area (Å²) < 4.78 is 15.9. The van der Waals surface area contributed by atoms with E-state index in [1.807, 2.05) is 12.1 Å². The second-order valence-corrected chi connectivity index (χ2v) is 6.20. The van der Waals surface area contributed by atoms with Crippen LogP contribution in [0.25, 0.3) is 0 Å². The Hall–Kier alpha value is -2.87. The maximum absolute atomic E-state index is 12.4. The van der Waals surface area contributed by atoms with Gasteiger partial charge in [-0.25, -0.2) is 4.99 Å². The van der Waals surface area contributed by atoms with Crippen LogP contribution in [0.3, 0.4) is 0 Å². The van der Waals surface area contributed by atoms with Crippen LogP contribution in [0.4, 0.5) is 11.4 Å².